The number of hydrogen-bond donors (Lipinski definition) is 2. The lowest BCUT2D eigenvalue weighted by Gasteiger charge is -2.20. The van der Waals surface area contributed by atoms with Crippen LogP contribution in [0.5, 0.6) is 5.75 Å². The molecule has 0 spiro atoms. The summed E-state index contributed by atoms with van der Waals surface area (Å²) in [4.78, 5) is 0. The van der Waals surface area contributed by atoms with Crippen molar-refractivity contribution in [3.8, 4) is 5.75 Å². The van der Waals surface area contributed by atoms with Crippen molar-refractivity contribution in [2.75, 3.05) is 0 Å². The summed E-state index contributed by atoms with van der Waals surface area (Å²) in [5, 5.41) is 10.2. The number of rotatable bonds is 4. The van der Waals surface area contributed by atoms with Crippen molar-refractivity contribution in [3.05, 3.63) is 65.7 Å². The van der Waals surface area contributed by atoms with Gasteiger partial charge in [0.15, 0.2) is 0 Å². The van der Waals surface area contributed by atoms with Crippen LogP contribution in [-0.4, -0.2) is 11.5 Å². The molecule has 3 N–H and O–H groups in total. The molecule has 0 saturated heterocycles. The van der Waals surface area contributed by atoms with Crippen molar-refractivity contribution in [2.45, 2.75) is 18.5 Å². The number of nitrogens with two attached hydrogens (primary N) is 1. The molecule has 6 heteroatoms. The van der Waals surface area contributed by atoms with Gasteiger partial charge in [0.25, 0.3) is 0 Å². The summed E-state index contributed by atoms with van der Waals surface area (Å²) in [6, 6.07) is 13.3. The van der Waals surface area contributed by atoms with Crippen LogP contribution >= 0.6 is 0 Å². The fraction of sp³-hybridized carbons (Fsp3) is 0.200. The van der Waals surface area contributed by atoms with Crippen molar-refractivity contribution in [1.29, 1.82) is 0 Å². The van der Waals surface area contributed by atoms with Gasteiger partial charge in [0.05, 0.1) is 12.1 Å². The molecule has 112 valence electrons. The zero-order valence-electron chi connectivity index (χ0n) is 10.9. The van der Waals surface area contributed by atoms with E-state index in [1.54, 1.807) is 24.3 Å². The first-order valence-corrected chi connectivity index (χ1v) is 6.21. The van der Waals surface area contributed by atoms with E-state index in [4.69, 9.17) is 5.73 Å². The number of aliphatic hydroxyl groups excluding tert-OH is 1. The Morgan fingerprint density at radius 1 is 0.905 bits per heavy atom. The Morgan fingerprint density at radius 3 is 2.00 bits per heavy atom. The van der Waals surface area contributed by atoms with Crippen molar-refractivity contribution < 1.29 is 23.0 Å². The van der Waals surface area contributed by atoms with Gasteiger partial charge < -0.3 is 15.6 Å². The van der Waals surface area contributed by atoms with Crippen LogP contribution in [0.25, 0.3) is 0 Å². The molecule has 2 rings (SSSR count). The maximum absolute atomic E-state index is 12.1. The van der Waals surface area contributed by atoms with Crippen LogP contribution in [-0.2, 0) is 0 Å². The molecule has 0 heterocycles. The van der Waals surface area contributed by atoms with Crippen molar-refractivity contribution >= 4 is 0 Å². The number of alkyl halides is 3. The van der Waals surface area contributed by atoms with E-state index >= 15 is 0 Å². The van der Waals surface area contributed by atoms with Crippen LogP contribution in [0.3, 0.4) is 0 Å². The predicted molar refractivity (Wildman–Crippen MR) is 71.5 cm³/mol. The van der Waals surface area contributed by atoms with E-state index in [2.05, 4.69) is 4.74 Å². The van der Waals surface area contributed by atoms with Crippen molar-refractivity contribution in [2.24, 2.45) is 5.73 Å². The van der Waals surface area contributed by atoms with Crippen LogP contribution < -0.4 is 10.5 Å². The Kier molecular flexibility index (Phi) is 4.50. The summed E-state index contributed by atoms with van der Waals surface area (Å²) in [6.45, 7) is 0. The predicted octanol–water partition coefficient (Wildman–Crippen LogP) is 3.32. The fourth-order valence-corrected chi connectivity index (χ4v) is 1.93. The molecule has 0 aliphatic carbocycles. The Balaban J connectivity index is 2.11. The summed E-state index contributed by atoms with van der Waals surface area (Å²) in [5.74, 6) is -0.341. The number of hydrogen-bond acceptors (Lipinski definition) is 3. The maximum Gasteiger partial charge on any atom is 0.573 e. The molecule has 2 atom stereocenters. The van der Waals surface area contributed by atoms with Gasteiger partial charge in [-0.2, -0.15) is 0 Å². The first-order chi connectivity index (χ1) is 9.87. The molecule has 0 fully saturated rings. The van der Waals surface area contributed by atoms with Crippen LogP contribution in [0.2, 0.25) is 0 Å². The van der Waals surface area contributed by atoms with E-state index in [9.17, 15) is 18.3 Å². The third-order valence-corrected chi connectivity index (χ3v) is 2.98. The number of ether oxygens (including phenoxy) is 1. The zero-order chi connectivity index (χ0) is 15.5. The second kappa shape index (κ2) is 6.15. The molecular formula is C15H14F3NO2. The van der Waals surface area contributed by atoms with Crippen LogP contribution in [0.4, 0.5) is 13.2 Å². The number of aliphatic hydroxyl groups is 1. The van der Waals surface area contributed by atoms with Gasteiger partial charge in [0.1, 0.15) is 5.75 Å². The van der Waals surface area contributed by atoms with Gasteiger partial charge >= 0.3 is 6.36 Å². The minimum atomic E-state index is -4.74. The molecule has 0 amide bonds. The summed E-state index contributed by atoms with van der Waals surface area (Å²) in [6.07, 6.45) is -5.76. The minimum Gasteiger partial charge on any atom is -0.406 e. The maximum atomic E-state index is 12.1. The average Bonchev–Trinajstić information content (AvgIpc) is 2.46. The van der Waals surface area contributed by atoms with E-state index in [1.807, 2.05) is 6.07 Å². The van der Waals surface area contributed by atoms with Gasteiger partial charge in [-0.05, 0) is 23.3 Å². The third-order valence-electron chi connectivity index (χ3n) is 2.98. The second-order valence-corrected chi connectivity index (χ2v) is 4.50. The fourth-order valence-electron chi connectivity index (χ4n) is 1.93. The smallest absolute Gasteiger partial charge is 0.406 e. The monoisotopic (exact) mass is 297 g/mol. The zero-order valence-corrected chi connectivity index (χ0v) is 10.9. The Labute approximate surface area is 119 Å². The quantitative estimate of drug-likeness (QED) is 0.910. The minimum absolute atomic E-state index is 0.341. The van der Waals surface area contributed by atoms with E-state index in [1.165, 1.54) is 12.1 Å². The van der Waals surface area contributed by atoms with Crippen molar-refractivity contribution in [1.82, 2.24) is 0 Å². The molecule has 0 aliphatic heterocycles. The van der Waals surface area contributed by atoms with Crippen LogP contribution in [0, 0.1) is 0 Å². The summed E-state index contributed by atoms with van der Waals surface area (Å²) < 4.78 is 39.9. The normalized spacial score (nSPS) is 14.5. The molecule has 0 aliphatic rings. The molecule has 2 unspecified atom stereocenters. The van der Waals surface area contributed by atoms with Gasteiger partial charge in [-0.3, -0.25) is 0 Å². The van der Waals surface area contributed by atoms with Gasteiger partial charge in [-0.15, -0.1) is 13.2 Å². The van der Waals surface area contributed by atoms with Gasteiger partial charge in [0, 0.05) is 0 Å². The molecule has 0 radical (unpaired) electrons. The largest absolute Gasteiger partial charge is 0.573 e. The molecule has 2 aromatic carbocycles. The highest BCUT2D eigenvalue weighted by atomic mass is 19.4. The van der Waals surface area contributed by atoms with E-state index in [-0.39, 0.29) is 5.75 Å². The lowest BCUT2D eigenvalue weighted by molar-refractivity contribution is -0.274. The highest BCUT2D eigenvalue weighted by Crippen LogP contribution is 2.29. The average molecular weight is 297 g/mol. The summed E-state index contributed by atoms with van der Waals surface area (Å²) in [5.41, 5.74) is 7.10. The molecule has 2 aromatic rings. The Hall–Kier alpha value is -2.05. The second-order valence-electron chi connectivity index (χ2n) is 4.50. The molecule has 0 saturated carbocycles. The molecule has 21 heavy (non-hydrogen) atoms. The summed E-state index contributed by atoms with van der Waals surface area (Å²) in [7, 11) is 0. The highest BCUT2D eigenvalue weighted by molar-refractivity contribution is 5.31. The molecule has 3 nitrogen and oxygen atoms in total. The van der Waals surface area contributed by atoms with Crippen LogP contribution in [0.1, 0.15) is 23.3 Å². The van der Waals surface area contributed by atoms with E-state index < -0.39 is 18.5 Å². The van der Waals surface area contributed by atoms with E-state index in [0.717, 1.165) is 17.7 Å². The van der Waals surface area contributed by atoms with Crippen molar-refractivity contribution in [3.63, 3.8) is 0 Å². The first-order valence-electron chi connectivity index (χ1n) is 6.21. The highest BCUT2D eigenvalue weighted by Gasteiger charge is 2.31. The van der Waals surface area contributed by atoms with Gasteiger partial charge in [0.2, 0.25) is 0 Å². The third kappa shape index (κ3) is 4.21. The topological polar surface area (TPSA) is 55.5 Å². The molecular weight excluding hydrogens is 283 g/mol. The van der Waals surface area contributed by atoms with Gasteiger partial charge in [-0.1, -0.05) is 42.5 Å². The number of benzene rings is 2. The van der Waals surface area contributed by atoms with E-state index in [0.29, 0.717) is 5.56 Å². The standard InChI is InChI=1S/C15H14F3NO2/c16-15(17,18)21-12-8-6-11(7-9-12)14(20)13(19)10-4-2-1-3-5-10/h1-9,13-14,20H,19H2. The van der Waals surface area contributed by atoms with Gasteiger partial charge in [-0.25, -0.2) is 0 Å². The Morgan fingerprint density at radius 2 is 1.48 bits per heavy atom. The lowest BCUT2D eigenvalue weighted by Crippen LogP contribution is -2.20. The number of halogens is 3. The summed E-state index contributed by atoms with van der Waals surface area (Å²) >= 11 is 0. The Bertz CT molecular complexity index is 570. The molecule has 0 bridgehead atoms. The lowest BCUT2D eigenvalue weighted by atomic mass is 9.97. The first kappa shape index (κ1) is 15.3. The molecule has 0 aromatic heterocycles. The van der Waals surface area contributed by atoms with Crippen LogP contribution in [0.15, 0.2) is 54.6 Å². The SMILES string of the molecule is NC(c1ccccc1)C(O)c1ccc(OC(F)(F)F)cc1.